The van der Waals surface area contributed by atoms with Crippen LogP contribution in [0, 0.1) is 0 Å². The summed E-state index contributed by atoms with van der Waals surface area (Å²) in [7, 11) is 0. The van der Waals surface area contributed by atoms with Crippen LogP contribution in [0.5, 0.6) is 0 Å². The van der Waals surface area contributed by atoms with Crippen molar-refractivity contribution in [3.63, 3.8) is 0 Å². The van der Waals surface area contributed by atoms with Crippen LogP contribution in [0.3, 0.4) is 0 Å². The van der Waals surface area contributed by atoms with E-state index in [9.17, 15) is 68.4 Å². The lowest BCUT2D eigenvalue weighted by Gasteiger charge is -2.27. The molecular weight excluding hydrogens is 712 g/mol. The van der Waals surface area contributed by atoms with E-state index in [0.29, 0.717) is 12.8 Å². The summed E-state index contributed by atoms with van der Waals surface area (Å²) >= 11 is 0. The van der Waals surface area contributed by atoms with Crippen molar-refractivity contribution in [3.8, 4) is 0 Å². The van der Waals surface area contributed by atoms with Crippen LogP contribution in [0.25, 0.3) is 0 Å². The lowest BCUT2D eigenvalue weighted by Crippen LogP contribution is -2.62. The molecule has 53 heavy (non-hydrogen) atoms. The number of hydrogen-bond donors (Lipinski definition) is 14. The Balaban J connectivity index is 5.96. The van der Waals surface area contributed by atoms with Crippen LogP contribution in [0.2, 0.25) is 0 Å². The summed E-state index contributed by atoms with van der Waals surface area (Å²) in [6.07, 6.45) is -5.11. The third-order valence-electron chi connectivity index (χ3n) is 7.29. The first-order chi connectivity index (χ1) is 24.5. The minimum atomic E-state index is -1.90. The number of carbonyl (C=O) groups is 10. The molecule has 0 aromatic rings. The van der Waals surface area contributed by atoms with Gasteiger partial charge in [0.25, 0.3) is 0 Å². The van der Waals surface area contributed by atoms with Gasteiger partial charge in [0.15, 0.2) is 0 Å². The van der Waals surface area contributed by atoms with Gasteiger partial charge in [-0.1, -0.05) is 0 Å². The number of carboxylic acid groups (broad SMARTS) is 2. The zero-order chi connectivity index (χ0) is 41.2. The third kappa shape index (κ3) is 18.0. The number of aliphatic hydroxyl groups is 2. The van der Waals surface area contributed by atoms with Gasteiger partial charge in [-0.25, -0.2) is 4.79 Å². The van der Waals surface area contributed by atoms with Gasteiger partial charge in [0.1, 0.15) is 42.3 Å². The van der Waals surface area contributed by atoms with Crippen LogP contribution in [0.4, 0.5) is 0 Å². The van der Waals surface area contributed by atoms with Crippen LogP contribution in [-0.4, -0.2) is 141 Å². The monoisotopic (exact) mass is 762 g/mol. The van der Waals surface area contributed by atoms with Gasteiger partial charge in [-0.15, -0.1) is 0 Å². The molecule has 0 aliphatic rings. The second kappa shape index (κ2) is 23.2. The highest BCUT2D eigenvalue weighted by Gasteiger charge is 2.35. The van der Waals surface area contributed by atoms with Crippen molar-refractivity contribution in [2.45, 2.75) is 114 Å². The fourth-order valence-electron chi connectivity index (χ4n) is 4.31. The molecular formula is C29H50N10O14. The average Bonchev–Trinajstić information content (AvgIpc) is 3.03. The number of aliphatic carboxylic acids is 2. The van der Waals surface area contributed by atoms with Crippen molar-refractivity contribution in [1.29, 1.82) is 0 Å². The molecule has 0 aromatic carbocycles. The van der Waals surface area contributed by atoms with Gasteiger partial charge in [0.05, 0.1) is 31.5 Å². The normalized spacial score (nSPS) is 16.0. The van der Waals surface area contributed by atoms with E-state index in [2.05, 4.69) is 21.3 Å². The van der Waals surface area contributed by atoms with E-state index in [1.54, 1.807) is 0 Å². The number of carbonyl (C=O) groups excluding carboxylic acids is 8. The summed E-state index contributed by atoms with van der Waals surface area (Å²) in [5.41, 5.74) is 21.2. The smallest absolute Gasteiger partial charge is 0.326 e. The van der Waals surface area contributed by atoms with E-state index < -0.39 is 133 Å². The molecule has 0 unspecified atom stereocenters. The maximum atomic E-state index is 13.2. The first-order valence-corrected chi connectivity index (χ1v) is 16.2. The zero-order valence-electron chi connectivity index (χ0n) is 29.3. The molecule has 0 rings (SSSR count). The molecule has 0 aliphatic carbocycles. The Bertz CT molecular complexity index is 1360. The second-order valence-corrected chi connectivity index (χ2v) is 12.0. The lowest BCUT2D eigenvalue weighted by atomic mass is 10.1. The van der Waals surface area contributed by atoms with Crippen molar-refractivity contribution >= 4 is 59.2 Å². The molecule has 0 radical (unpaired) electrons. The third-order valence-corrected chi connectivity index (χ3v) is 7.29. The van der Waals surface area contributed by atoms with E-state index in [4.69, 9.17) is 22.9 Å². The fourth-order valence-corrected chi connectivity index (χ4v) is 4.31. The van der Waals surface area contributed by atoms with E-state index in [-0.39, 0.29) is 13.0 Å². The SMILES string of the molecule is C[C@H](NC(=O)[C@@H](NC(=O)[C@H](CC(N)=O)NC(=O)[C@H](CC(=O)O)NC(=O)[C@@H](N)[C@@H](C)O)[C@@H](C)O)C(=O)N[C@@H](CCCCN)C(=O)N[C@@H](CC(N)=O)C(=O)O. The number of unbranched alkanes of at least 4 members (excludes halogenated alkanes) is 1. The summed E-state index contributed by atoms with van der Waals surface area (Å²) in [5.74, 6) is -12.2. The van der Waals surface area contributed by atoms with Gasteiger partial charge in [-0.3, -0.25) is 43.2 Å². The molecule has 8 amide bonds. The summed E-state index contributed by atoms with van der Waals surface area (Å²) in [6, 6.07) is -11.8. The number of primary amides is 2. The minimum absolute atomic E-state index is 0.0396. The molecule has 24 nitrogen and oxygen atoms in total. The number of hydrogen-bond acceptors (Lipinski definition) is 14. The Labute approximate surface area is 302 Å². The van der Waals surface area contributed by atoms with Crippen LogP contribution in [0.1, 0.15) is 59.3 Å². The lowest BCUT2D eigenvalue weighted by molar-refractivity contribution is -0.144. The predicted octanol–water partition coefficient (Wildman–Crippen LogP) is -7.56. The fraction of sp³-hybridized carbons (Fsp3) is 0.655. The minimum Gasteiger partial charge on any atom is -0.481 e. The summed E-state index contributed by atoms with van der Waals surface area (Å²) in [4.78, 5) is 123. The maximum absolute atomic E-state index is 13.2. The molecule has 24 heteroatoms. The number of nitrogens with two attached hydrogens (primary N) is 4. The first-order valence-electron chi connectivity index (χ1n) is 16.2. The van der Waals surface area contributed by atoms with Crippen LogP contribution in [0.15, 0.2) is 0 Å². The van der Waals surface area contributed by atoms with Crippen LogP contribution >= 0.6 is 0 Å². The number of rotatable bonds is 25. The Morgan fingerprint density at radius 3 is 1.47 bits per heavy atom. The molecule has 18 N–H and O–H groups in total. The topological polar surface area (TPSA) is 428 Å². The molecule has 0 fully saturated rings. The molecule has 0 saturated carbocycles. The molecule has 9 atom stereocenters. The molecule has 0 spiro atoms. The van der Waals surface area contributed by atoms with Gasteiger partial charge in [0.2, 0.25) is 47.3 Å². The maximum Gasteiger partial charge on any atom is 0.326 e. The molecule has 0 aliphatic heterocycles. The number of amides is 8. The van der Waals surface area contributed by atoms with Gasteiger partial charge in [-0.2, -0.15) is 0 Å². The highest BCUT2D eigenvalue weighted by atomic mass is 16.4. The second-order valence-electron chi connectivity index (χ2n) is 12.0. The largest absolute Gasteiger partial charge is 0.481 e. The number of nitrogens with one attached hydrogen (secondary N) is 6. The number of aliphatic hydroxyl groups excluding tert-OH is 2. The molecule has 0 aromatic heterocycles. The average molecular weight is 763 g/mol. The number of carboxylic acids is 2. The molecule has 0 bridgehead atoms. The van der Waals surface area contributed by atoms with Crippen molar-refractivity contribution in [2.24, 2.45) is 22.9 Å². The van der Waals surface area contributed by atoms with Crippen LogP contribution < -0.4 is 54.8 Å². The summed E-state index contributed by atoms with van der Waals surface area (Å²) in [6.45, 7) is 3.60. The van der Waals surface area contributed by atoms with Crippen molar-refractivity contribution in [1.82, 2.24) is 31.9 Å². The van der Waals surface area contributed by atoms with E-state index in [1.165, 1.54) is 0 Å². The van der Waals surface area contributed by atoms with E-state index >= 15 is 0 Å². The molecule has 300 valence electrons. The molecule has 0 saturated heterocycles. The predicted molar refractivity (Wildman–Crippen MR) is 179 cm³/mol. The summed E-state index contributed by atoms with van der Waals surface area (Å²) < 4.78 is 0. The Morgan fingerprint density at radius 1 is 0.547 bits per heavy atom. The van der Waals surface area contributed by atoms with Gasteiger partial charge >= 0.3 is 11.9 Å². The quantitative estimate of drug-likeness (QED) is 0.0384. The highest BCUT2D eigenvalue weighted by molar-refractivity contribution is 5.99. The van der Waals surface area contributed by atoms with Crippen molar-refractivity contribution in [2.75, 3.05) is 6.54 Å². The zero-order valence-corrected chi connectivity index (χ0v) is 29.3. The highest BCUT2D eigenvalue weighted by Crippen LogP contribution is 2.06. The first kappa shape index (κ1) is 47.5. The van der Waals surface area contributed by atoms with Gasteiger partial charge < -0.3 is 75.3 Å². The Kier molecular flexibility index (Phi) is 20.8. The van der Waals surface area contributed by atoms with Crippen LogP contribution in [-0.2, 0) is 47.9 Å². The van der Waals surface area contributed by atoms with Gasteiger partial charge in [-0.05, 0) is 46.6 Å². The molecule has 0 heterocycles. The Hall–Kier alpha value is -5.46. The van der Waals surface area contributed by atoms with Crippen molar-refractivity contribution < 1.29 is 68.4 Å². The van der Waals surface area contributed by atoms with E-state index in [1.807, 2.05) is 10.6 Å². The van der Waals surface area contributed by atoms with Crippen molar-refractivity contribution in [3.05, 3.63) is 0 Å². The standard InChI is InChI=1S/C29H50N10O14/c1-11(23(46)35-14(6-4-5-7-30)24(47)38-17(29(52)53)9-19(32)43)34-28(51)22(13(3)41)39-26(49)15(8-18(31)42)36-25(48)16(10-20(44)45)37-27(50)21(33)12(2)40/h11-17,21-22,40-41H,4-10,30,33H2,1-3H3,(H2,31,42)(H2,32,43)(H,34,51)(H,35,46)(H,36,48)(H,37,50)(H,38,47)(H,39,49)(H,44,45)(H,52,53)/t11-,12+,13+,14-,15-,16-,17-,21-,22-/m0/s1. The Morgan fingerprint density at radius 2 is 1.00 bits per heavy atom. The van der Waals surface area contributed by atoms with E-state index in [0.717, 1.165) is 20.8 Å². The van der Waals surface area contributed by atoms with Gasteiger partial charge in [0, 0.05) is 0 Å². The summed E-state index contributed by atoms with van der Waals surface area (Å²) in [5, 5.41) is 51.2.